The fourth-order valence-electron chi connectivity index (χ4n) is 2.03. The lowest BCUT2D eigenvalue weighted by molar-refractivity contribution is 0.565. The molecule has 0 aliphatic carbocycles. The van der Waals surface area contributed by atoms with E-state index in [1.807, 2.05) is 32.0 Å². The quantitative estimate of drug-likeness (QED) is 0.861. The number of nitrogens with two attached hydrogens (primary N) is 1. The van der Waals surface area contributed by atoms with Crippen molar-refractivity contribution in [2.24, 2.45) is 5.73 Å². The molecule has 0 saturated carbocycles. The van der Waals surface area contributed by atoms with Crippen LogP contribution >= 0.6 is 0 Å². The number of halogens is 2. The molecule has 0 aromatic heterocycles. The summed E-state index contributed by atoms with van der Waals surface area (Å²) in [5.74, 6) is -1.20. The van der Waals surface area contributed by atoms with Gasteiger partial charge in [-0.05, 0) is 36.6 Å². The topological polar surface area (TPSA) is 26.0 Å². The van der Waals surface area contributed by atoms with Crippen LogP contribution in [0.5, 0.6) is 0 Å². The van der Waals surface area contributed by atoms with E-state index in [0.29, 0.717) is 5.56 Å². The average molecular weight is 247 g/mol. The molecule has 94 valence electrons. The maximum absolute atomic E-state index is 13.7. The second-order valence-electron chi connectivity index (χ2n) is 4.43. The molecule has 2 rings (SSSR count). The molecule has 0 aliphatic heterocycles. The Morgan fingerprint density at radius 2 is 1.72 bits per heavy atom. The molecule has 0 spiro atoms. The van der Waals surface area contributed by atoms with Crippen LogP contribution in [0.1, 0.15) is 28.3 Å². The van der Waals surface area contributed by atoms with Crippen LogP contribution in [0.3, 0.4) is 0 Å². The first-order chi connectivity index (χ1) is 8.50. The summed E-state index contributed by atoms with van der Waals surface area (Å²) in [7, 11) is 0. The van der Waals surface area contributed by atoms with E-state index >= 15 is 0 Å². The second-order valence-corrected chi connectivity index (χ2v) is 4.43. The molecule has 18 heavy (non-hydrogen) atoms. The molecule has 2 aromatic carbocycles. The van der Waals surface area contributed by atoms with Gasteiger partial charge in [-0.1, -0.05) is 24.3 Å². The van der Waals surface area contributed by atoms with E-state index in [2.05, 4.69) is 0 Å². The Kier molecular flexibility index (Phi) is 3.43. The highest BCUT2D eigenvalue weighted by molar-refractivity contribution is 5.40. The van der Waals surface area contributed by atoms with Gasteiger partial charge in [0.1, 0.15) is 11.6 Å². The van der Waals surface area contributed by atoms with E-state index in [-0.39, 0.29) is 0 Å². The summed E-state index contributed by atoms with van der Waals surface area (Å²) in [4.78, 5) is 0. The van der Waals surface area contributed by atoms with Crippen molar-refractivity contribution >= 4 is 0 Å². The summed E-state index contributed by atoms with van der Waals surface area (Å²) < 4.78 is 26.6. The van der Waals surface area contributed by atoms with Gasteiger partial charge in [0, 0.05) is 11.6 Å². The minimum Gasteiger partial charge on any atom is -0.320 e. The van der Waals surface area contributed by atoms with E-state index in [4.69, 9.17) is 5.73 Å². The summed E-state index contributed by atoms with van der Waals surface area (Å²) in [6, 6.07) is 8.65. The smallest absolute Gasteiger partial charge is 0.131 e. The predicted molar refractivity (Wildman–Crippen MR) is 68.3 cm³/mol. The molecule has 3 heteroatoms. The van der Waals surface area contributed by atoms with E-state index in [0.717, 1.165) is 22.8 Å². The maximum Gasteiger partial charge on any atom is 0.131 e. The fraction of sp³-hybridized carbons (Fsp3) is 0.200. The zero-order valence-corrected chi connectivity index (χ0v) is 10.4. The Morgan fingerprint density at radius 3 is 2.39 bits per heavy atom. The Labute approximate surface area is 105 Å². The number of hydrogen-bond donors (Lipinski definition) is 1. The van der Waals surface area contributed by atoms with Crippen molar-refractivity contribution in [3.8, 4) is 0 Å². The molecule has 2 aromatic rings. The number of aryl methyl sites for hydroxylation is 1. The van der Waals surface area contributed by atoms with Crippen molar-refractivity contribution in [3.63, 3.8) is 0 Å². The van der Waals surface area contributed by atoms with Crippen LogP contribution in [-0.4, -0.2) is 0 Å². The molecule has 0 bridgehead atoms. The average Bonchev–Trinajstić information content (AvgIpc) is 2.32. The summed E-state index contributed by atoms with van der Waals surface area (Å²) in [6.07, 6.45) is 0. The lowest BCUT2D eigenvalue weighted by Gasteiger charge is -2.17. The van der Waals surface area contributed by atoms with Gasteiger partial charge in [-0.2, -0.15) is 0 Å². The molecule has 0 amide bonds. The second kappa shape index (κ2) is 4.86. The van der Waals surface area contributed by atoms with Crippen molar-refractivity contribution in [3.05, 3.63) is 70.3 Å². The van der Waals surface area contributed by atoms with Gasteiger partial charge in [0.05, 0.1) is 6.04 Å². The van der Waals surface area contributed by atoms with Gasteiger partial charge < -0.3 is 5.73 Å². The van der Waals surface area contributed by atoms with Crippen LogP contribution < -0.4 is 5.73 Å². The van der Waals surface area contributed by atoms with Gasteiger partial charge in [-0.25, -0.2) is 8.78 Å². The molecule has 0 radical (unpaired) electrons. The van der Waals surface area contributed by atoms with Crippen molar-refractivity contribution in [2.45, 2.75) is 19.9 Å². The molecule has 2 N–H and O–H groups in total. The van der Waals surface area contributed by atoms with Crippen molar-refractivity contribution < 1.29 is 8.78 Å². The molecule has 0 fully saturated rings. The maximum atomic E-state index is 13.7. The lowest BCUT2D eigenvalue weighted by Crippen LogP contribution is -2.15. The molecular formula is C15H15F2N. The van der Waals surface area contributed by atoms with Crippen molar-refractivity contribution in [1.29, 1.82) is 0 Å². The van der Waals surface area contributed by atoms with Crippen LogP contribution in [0.4, 0.5) is 8.78 Å². The minimum absolute atomic E-state index is 0.310. The molecular weight excluding hydrogens is 232 g/mol. The highest BCUT2D eigenvalue weighted by Crippen LogP contribution is 2.26. The number of hydrogen-bond acceptors (Lipinski definition) is 1. The zero-order chi connectivity index (χ0) is 13.3. The highest BCUT2D eigenvalue weighted by Gasteiger charge is 2.16. The Morgan fingerprint density at radius 1 is 1.00 bits per heavy atom. The summed E-state index contributed by atoms with van der Waals surface area (Å²) >= 11 is 0. The molecule has 1 unspecified atom stereocenters. The first kappa shape index (κ1) is 12.7. The Bertz CT molecular complexity index is 579. The largest absolute Gasteiger partial charge is 0.320 e. The molecule has 0 saturated heterocycles. The van der Waals surface area contributed by atoms with Gasteiger partial charge in [0.15, 0.2) is 0 Å². The van der Waals surface area contributed by atoms with Gasteiger partial charge >= 0.3 is 0 Å². The minimum atomic E-state index is -0.608. The van der Waals surface area contributed by atoms with E-state index in [1.165, 1.54) is 12.1 Å². The predicted octanol–water partition coefficient (Wildman–Crippen LogP) is 3.63. The SMILES string of the molecule is Cc1cccc(C(N)c2ccc(F)cc2F)c1C. The van der Waals surface area contributed by atoms with Gasteiger partial charge in [-0.3, -0.25) is 0 Å². The van der Waals surface area contributed by atoms with Crippen LogP contribution in [0.25, 0.3) is 0 Å². The Hall–Kier alpha value is -1.74. The molecule has 0 heterocycles. The van der Waals surface area contributed by atoms with Crippen LogP contribution in [0.2, 0.25) is 0 Å². The normalized spacial score (nSPS) is 12.5. The number of rotatable bonds is 2. The molecule has 1 atom stereocenters. The molecule has 0 aliphatic rings. The third-order valence-electron chi connectivity index (χ3n) is 3.28. The summed E-state index contributed by atoms with van der Waals surface area (Å²) in [5.41, 5.74) is 9.38. The van der Waals surface area contributed by atoms with Gasteiger partial charge in [0.2, 0.25) is 0 Å². The number of benzene rings is 2. The first-order valence-electron chi connectivity index (χ1n) is 5.77. The van der Waals surface area contributed by atoms with Crippen LogP contribution in [-0.2, 0) is 0 Å². The van der Waals surface area contributed by atoms with Crippen molar-refractivity contribution in [2.75, 3.05) is 0 Å². The monoisotopic (exact) mass is 247 g/mol. The summed E-state index contributed by atoms with van der Waals surface area (Å²) in [5, 5.41) is 0. The van der Waals surface area contributed by atoms with Crippen LogP contribution in [0.15, 0.2) is 36.4 Å². The van der Waals surface area contributed by atoms with E-state index in [1.54, 1.807) is 0 Å². The van der Waals surface area contributed by atoms with E-state index < -0.39 is 17.7 Å². The molecule has 1 nitrogen and oxygen atoms in total. The standard InChI is InChI=1S/C15H15F2N/c1-9-4-3-5-12(10(9)2)15(18)13-7-6-11(16)8-14(13)17/h3-8,15H,18H2,1-2H3. The van der Waals surface area contributed by atoms with Gasteiger partial charge in [0.25, 0.3) is 0 Å². The van der Waals surface area contributed by atoms with E-state index in [9.17, 15) is 8.78 Å². The zero-order valence-electron chi connectivity index (χ0n) is 10.4. The Balaban J connectivity index is 2.48. The third kappa shape index (κ3) is 2.27. The third-order valence-corrected chi connectivity index (χ3v) is 3.28. The van der Waals surface area contributed by atoms with Gasteiger partial charge in [-0.15, -0.1) is 0 Å². The highest BCUT2D eigenvalue weighted by atomic mass is 19.1. The van der Waals surface area contributed by atoms with Crippen molar-refractivity contribution in [1.82, 2.24) is 0 Å². The first-order valence-corrected chi connectivity index (χ1v) is 5.77. The summed E-state index contributed by atoms with van der Waals surface area (Å²) in [6.45, 7) is 3.93. The van der Waals surface area contributed by atoms with Crippen LogP contribution in [0, 0.1) is 25.5 Å². The fourth-order valence-corrected chi connectivity index (χ4v) is 2.03. The lowest BCUT2D eigenvalue weighted by atomic mass is 9.93.